The van der Waals surface area contributed by atoms with Crippen LogP contribution in [-0.4, -0.2) is 19.8 Å². The molecule has 1 unspecified atom stereocenters. The molecule has 0 aliphatic carbocycles. The number of hydrogen-bond donors (Lipinski definition) is 1. The van der Waals surface area contributed by atoms with Crippen LogP contribution in [0.25, 0.3) is 0 Å². The molecule has 0 amide bonds. The van der Waals surface area contributed by atoms with Crippen LogP contribution in [0.1, 0.15) is 12.0 Å². The Labute approximate surface area is 78.9 Å². The molecule has 0 fully saturated rings. The average molecular weight is 177 g/mol. The van der Waals surface area contributed by atoms with Crippen molar-refractivity contribution in [3.05, 3.63) is 29.8 Å². The second-order valence-corrected chi connectivity index (χ2v) is 3.48. The third-order valence-electron chi connectivity index (χ3n) is 2.51. The van der Waals surface area contributed by atoms with Gasteiger partial charge in [0.1, 0.15) is 0 Å². The molecule has 0 bridgehead atoms. The van der Waals surface area contributed by atoms with E-state index >= 15 is 0 Å². The Hall–Kier alpha value is -1.02. The van der Waals surface area contributed by atoms with Gasteiger partial charge in [0.05, 0.1) is 0 Å². The first-order valence-electron chi connectivity index (χ1n) is 4.73. The van der Waals surface area contributed by atoms with Crippen LogP contribution in [0.4, 0.5) is 5.69 Å². The molecule has 1 aromatic carbocycles. The zero-order valence-corrected chi connectivity index (χ0v) is 7.92. The predicted molar refractivity (Wildman–Crippen MR) is 54.0 cm³/mol. The van der Waals surface area contributed by atoms with E-state index in [2.05, 4.69) is 29.6 Å². The highest BCUT2D eigenvalue weighted by atomic mass is 16.5. The molecule has 2 rings (SSSR count). The minimum absolute atomic E-state index is 0.567. The number of benzene rings is 1. The fourth-order valence-electron chi connectivity index (χ4n) is 1.81. The highest BCUT2D eigenvalue weighted by Gasteiger charge is 2.18. The summed E-state index contributed by atoms with van der Waals surface area (Å²) in [5, 5.41) is 3.49. The van der Waals surface area contributed by atoms with E-state index in [-0.39, 0.29) is 0 Å². The van der Waals surface area contributed by atoms with Gasteiger partial charge >= 0.3 is 0 Å². The molecule has 1 aliphatic rings. The quantitative estimate of drug-likeness (QED) is 0.763. The number of fused-ring (bicyclic) bond motifs is 1. The SMILES string of the molecule is COCCC1Cc2ccccc2N1. The summed E-state index contributed by atoms with van der Waals surface area (Å²) in [5.41, 5.74) is 2.73. The highest BCUT2D eigenvalue weighted by molar-refractivity contribution is 5.56. The van der Waals surface area contributed by atoms with Crippen LogP contribution >= 0.6 is 0 Å². The van der Waals surface area contributed by atoms with Gasteiger partial charge in [-0.05, 0) is 24.5 Å². The van der Waals surface area contributed by atoms with E-state index in [1.54, 1.807) is 7.11 Å². The molecular weight excluding hydrogens is 162 g/mol. The molecule has 0 radical (unpaired) electrons. The third kappa shape index (κ3) is 1.83. The molecule has 1 heterocycles. The molecule has 13 heavy (non-hydrogen) atoms. The summed E-state index contributed by atoms with van der Waals surface area (Å²) < 4.78 is 5.06. The van der Waals surface area contributed by atoms with Gasteiger partial charge in [0.25, 0.3) is 0 Å². The van der Waals surface area contributed by atoms with Crippen molar-refractivity contribution in [2.24, 2.45) is 0 Å². The van der Waals surface area contributed by atoms with E-state index in [4.69, 9.17) is 4.74 Å². The lowest BCUT2D eigenvalue weighted by molar-refractivity contribution is 0.190. The van der Waals surface area contributed by atoms with Crippen molar-refractivity contribution in [3.8, 4) is 0 Å². The van der Waals surface area contributed by atoms with Crippen LogP contribution < -0.4 is 5.32 Å². The summed E-state index contributed by atoms with van der Waals surface area (Å²) in [4.78, 5) is 0. The van der Waals surface area contributed by atoms with Crippen molar-refractivity contribution in [1.29, 1.82) is 0 Å². The second kappa shape index (κ2) is 3.79. The van der Waals surface area contributed by atoms with E-state index in [1.807, 2.05) is 0 Å². The van der Waals surface area contributed by atoms with Gasteiger partial charge in [-0.1, -0.05) is 18.2 Å². The van der Waals surface area contributed by atoms with E-state index in [1.165, 1.54) is 11.3 Å². The van der Waals surface area contributed by atoms with Crippen molar-refractivity contribution >= 4 is 5.69 Å². The maximum absolute atomic E-state index is 5.06. The lowest BCUT2D eigenvalue weighted by atomic mass is 10.1. The van der Waals surface area contributed by atoms with Crippen LogP contribution in [-0.2, 0) is 11.2 Å². The molecule has 2 nitrogen and oxygen atoms in total. The summed E-state index contributed by atoms with van der Waals surface area (Å²) in [6, 6.07) is 9.07. The maximum atomic E-state index is 5.06. The Morgan fingerprint density at radius 3 is 3.08 bits per heavy atom. The number of rotatable bonds is 3. The summed E-state index contributed by atoms with van der Waals surface area (Å²) in [7, 11) is 1.75. The number of ether oxygens (including phenoxy) is 1. The molecule has 1 N–H and O–H groups in total. The van der Waals surface area contributed by atoms with Gasteiger partial charge in [-0.15, -0.1) is 0 Å². The van der Waals surface area contributed by atoms with Crippen molar-refractivity contribution in [2.45, 2.75) is 18.9 Å². The number of methoxy groups -OCH3 is 1. The van der Waals surface area contributed by atoms with Crippen LogP contribution in [0.5, 0.6) is 0 Å². The summed E-state index contributed by atoms with van der Waals surface area (Å²) in [6.45, 7) is 0.839. The predicted octanol–water partition coefficient (Wildman–Crippen LogP) is 2.06. The Bertz CT molecular complexity index is 260. The van der Waals surface area contributed by atoms with Crippen molar-refractivity contribution < 1.29 is 4.74 Å². The first-order valence-corrected chi connectivity index (χ1v) is 4.73. The number of nitrogens with one attached hydrogen (secondary N) is 1. The first-order chi connectivity index (χ1) is 6.40. The number of para-hydroxylation sites is 1. The van der Waals surface area contributed by atoms with Crippen LogP contribution in [0.2, 0.25) is 0 Å². The van der Waals surface area contributed by atoms with Gasteiger partial charge in [0.2, 0.25) is 0 Å². The van der Waals surface area contributed by atoms with Gasteiger partial charge in [-0.2, -0.15) is 0 Å². The van der Waals surface area contributed by atoms with Gasteiger partial charge in [-0.25, -0.2) is 0 Å². The summed E-state index contributed by atoms with van der Waals surface area (Å²) in [6.07, 6.45) is 2.23. The summed E-state index contributed by atoms with van der Waals surface area (Å²) in [5.74, 6) is 0. The number of hydrogen-bond acceptors (Lipinski definition) is 2. The Morgan fingerprint density at radius 1 is 1.46 bits per heavy atom. The molecule has 0 saturated heterocycles. The molecule has 0 aromatic heterocycles. The van der Waals surface area contributed by atoms with Crippen molar-refractivity contribution in [2.75, 3.05) is 19.0 Å². The fourth-order valence-corrected chi connectivity index (χ4v) is 1.81. The lowest BCUT2D eigenvalue weighted by Crippen LogP contribution is -2.17. The van der Waals surface area contributed by atoms with Crippen molar-refractivity contribution in [3.63, 3.8) is 0 Å². The van der Waals surface area contributed by atoms with Crippen LogP contribution in [0.3, 0.4) is 0 Å². The molecule has 0 saturated carbocycles. The standard InChI is InChI=1S/C11H15NO/c1-13-7-6-10-8-9-4-2-3-5-11(9)12-10/h2-5,10,12H,6-8H2,1H3. The average Bonchev–Trinajstić information content (AvgIpc) is 2.57. The van der Waals surface area contributed by atoms with E-state index in [9.17, 15) is 0 Å². The van der Waals surface area contributed by atoms with Crippen molar-refractivity contribution in [1.82, 2.24) is 0 Å². The third-order valence-corrected chi connectivity index (χ3v) is 2.51. The second-order valence-electron chi connectivity index (χ2n) is 3.48. The van der Waals surface area contributed by atoms with E-state index < -0.39 is 0 Å². The zero-order chi connectivity index (χ0) is 9.10. The van der Waals surface area contributed by atoms with Gasteiger partial charge < -0.3 is 10.1 Å². The molecule has 1 aliphatic heterocycles. The number of anilines is 1. The summed E-state index contributed by atoms with van der Waals surface area (Å²) >= 11 is 0. The Balaban J connectivity index is 1.97. The molecule has 2 heteroatoms. The highest BCUT2D eigenvalue weighted by Crippen LogP contribution is 2.26. The monoisotopic (exact) mass is 177 g/mol. The Morgan fingerprint density at radius 2 is 2.31 bits per heavy atom. The minimum atomic E-state index is 0.567. The minimum Gasteiger partial charge on any atom is -0.385 e. The molecule has 70 valence electrons. The lowest BCUT2D eigenvalue weighted by Gasteiger charge is -2.09. The van der Waals surface area contributed by atoms with E-state index in [0.29, 0.717) is 6.04 Å². The smallest absolute Gasteiger partial charge is 0.0481 e. The molecular formula is C11H15NO. The largest absolute Gasteiger partial charge is 0.385 e. The fraction of sp³-hybridized carbons (Fsp3) is 0.455. The maximum Gasteiger partial charge on any atom is 0.0481 e. The van der Waals surface area contributed by atoms with Crippen LogP contribution in [0.15, 0.2) is 24.3 Å². The molecule has 0 spiro atoms. The normalized spacial score (nSPS) is 19.6. The van der Waals surface area contributed by atoms with Gasteiger partial charge in [0.15, 0.2) is 0 Å². The van der Waals surface area contributed by atoms with Gasteiger partial charge in [0, 0.05) is 25.4 Å². The molecule has 1 atom stereocenters. The van der Waals surface area contributed by atoms with E-state index in [0.717, 1.165) is 19.4 Å². The topological polar surface area (TPSA) is 21.3 Å². The first kappa shape index (κ1) is 8.57. The molecule has 1 aromatic rings. The van der Waals surface area contributed by atoms with Crippen LogP contribution in [0, 0.1) is 0 Å². The Kier molecular flexibility index (Phi) is 2.50. The van der Waals surface area contributed by atoms with Gasteiger partial charge in [-0.3, -0.25) is 0 Å². The zero-order valence-electron chi connectivity index (χ0n) is 7.92.